The zero-order chi connectivity index (χ0) is 5.11. The van der Waals surface area contributed by atoms with E-state index in [0.717, 1.165) is 0 Å². The average molecular weight is 198 g/mol. The maximum atomic E-state index is 3.80. The molecule has 0 N–H and O–H groups in total. The molecule has 0 fully saturated rings. The van der Waals surface area contributed by atoms with Crippen LogP contribution < -0.4 is 3.58 Å². The molecule has 7 heavy (non-hydrogen) atoms. The predicted octanol–water partition coefficient (Wildman–Crippen LogP) is -0.730. The fraction of sp³-hybridized carbons (Fsp3) is 0. The van der Waals surface area contributed by atoms with E-state index < -0.39 is 0 Å². The normalized spacial score (nSPS) is 8.86. The Morgan fingerprint density at radius 3 is 2.14 bits per heavy atom. The molecule has 0 aliphatic carbocycles. The average Bonchev–Trinajstić information content (AvgIpc) is 1.69. The van der Waals surface area contributed by atoms with Gasteiger partial charge in [-0.2, -0.15) is 0 Å². The number of hydrogen-bond donors (Lipinski definition) is 0. The molecule has 1 heterocycles. The number of rotatable bonds is 0. The van der Waals surface area contributed by atoms with E-state index in [9.17, 15) is 0 Å². The molecule has 30 valence electrons. The van der Waals surface area contributed by atoms with E-state index >= 15 is 0 Å². The van der Waals surface area contributed by atoms with Gasteiger partial charge >= 0.3 is 54.8 Å². The standard InChI is InChI=1S/C4H3N2.Sn/c1-2-5-4-6-3-1;/h2-4H;/q;+3. The SMILES string of the molecule is [Sn+3][c]1cncnc1. The topological polar surface area (TPSA) is 25.8 Å². The Labute approximate surface area is 55.1 Å². The summed E-state index contributed by atoms with van der Waals surface area (Å²) in [6.07, 6.45) is 5.16. The van der Waals surface area contributed by atoms with E-state index in [1.165, 1.54) is 32.4 Å². The first-order chi connectivity index (χ1) is 3.39. The Hall–Kier alpha value is -0.121. The van der Waals surface area contributed by atoms with Crippen LogP contribution in [0.5, 0.6) is 0 Å². The van der Waals surface area contributed by atoms with Crippen LogP contribution in [0.2, 0.25) is 0 Å². The van der Waals surface area contributed by atoms with Crippen LogP contribution in [0.1, 0.15) is 0 Å². The Bertz CT molecular complexity index is 140. The number of nitrogens with zero attached hydrogens (tertiary/aromatic N) is 2. The molecule has 3 heteroatoms. The molecule has 0 aliphatic rings. The summed E-state index contributed by atoms with van der Waals surface area (Å²) in [7, 11) is 0. The van der Waals surface area contributed by atoms with Crippen LogP contribution in [0.15, 0.2) is 18.7 Å². The van der Waals surface area contributed by atoms with Gasteiger partial charge in [0, 0.05) is 0 Å². The molecule has 1 rings (SSSR count). The first kappa shape index (κ1) is 5.02. The first-order valence-electron chi connectivity index (χ1n) is 1.86. The molecule has 0 aliphatic heterocycles. The van der Waals surface area contributed by atoms with E-state index in [4.69, 9.17) is 0 Å². The van der Waals surface area contributed by atoms with Crippen molar-refractivity contribution in [3.8, 4) is 0 Å². The van der Waals surface area contributed by atoms with Crippen molar-refractivity contribution in [3.63, 3.8) is 0 Å². The van der Waals surface area contributed by atoms with Crippen LogP contribution in [0.25, 0.3) is 0 Å². The van der Waals surface area contributed by atoms with Gasteiger partial charge in [-0.05, 0) is 0 Å². The van der Waals surface area contributed by atoms with Crippen molar-refractivity contribution in [2.45, 2.75) is 0 Å². The molecule has 0 amide bonds. The van der Waals surface area contributed by atoms with Crippen LogP contribution in [0.3, 0.4) is 0 Å². The Morgan fingerprint density at radius 1 is 1.29 bits per heavy atom. The third-order valence-electron chi connectivity index (χ3n) is 0.561. The predicted molar refractivity (Wildman–Crippen MR) is 27.4 cm³/mol. The van der Waals surface area contributed by atoms with Gasteiger partial charge in [-0.15, -0.1) is 0 Å². The van der Waals surface area contributed by atoms with Crippen LogP contribution in [0, 0.1) is 0 Å². The fourth-order valence-electron chi connectivity index (χ4n) is 0.299. The van der Waals surface area contributed by atoms with Gasteiger partial charge in [0.05, 0.1) is 0 Å². The summed E-state index contributed by atoms with van der Waals surface area (Å²) in [6, 6.07) is 0. The van der Waals surface area contributed by atoms with E-state index in [1.807, 2.05) is 12.4 Å². The van der Waals surface area contributed by atoms with E-state index in [-0.39, 0.29) is 0 Å². The van der Waals surface area contributed by atoms with Gasteiger partial charge in [0.15, 0.2) is 0 Å². The Morgan fingerprint density at radius 2 is 1.86 bits per heavy atom. The van der Waals surface area contributed by atoms with Gasteiger partial charge < -0.3 is 0 Å². The minimum atomic E-state index is 1.19. The molecule has 0 radical (unpaired) electrons. The molecule has 2 nitrogen and oxygen atoms in total. The van der Waals surface area contributed by atoms with Crippen molar-refractivity contribution >= 4 is 26.1 Å². The molecule has 0 saturated carbocycles. The molecule has 0 atom stereocenters. The van der Waals surface area contributed by atoms with Gasteiger partial charge in [0.2, 0.25) is 0 Å². The summed E-state index contributed by atoms with van der Waals surface area (Å²) >= 11 is 1.37. The summed E-state index contributed by atoms with van der Waals surface area (Å²) in [5.74, 6) is 0. The second-order valence-electron chi connectivity index (χ2n) is 1.13. The number of hydrogen-bond acceptors (Lipinski definition) is 2. The van der Waals surface area contributed by atoms with Crippen molar-refractivity contribution in [1.29, 1.82) is 0 Å². The minimum absolute atomic E-state index is 1.19. The van der Waals surface area contributed by atoms with E-state index in [2.05, 4.69) is 9.97 Å². The van der Waals surface area contributed by atoms with E-state index in [1.54, 1.807) is 0 Å². The monoisotopic (exact) mass is 199 g/mol. The quantitative estimate of drug-likeness (QED) is 0.513. The third kappa shape index (κ3) is 1.42. The summed E-state index contributed by atoms with van der Waals surface area (Å²) in [5.41, 5.74) is 0. The van der Waals surface area contributed by atoms with Crippen molar-refractivity contribution in [2.75, 3.05) is 0 Å². The molecule has 0 saturated heterocycles. The third-order valence-corrected chi connectivity index (χ3v) is 1.30. The molecule has 1 aromatic heterocycles. The maximum absolute atomic E-state index is 3.80. The Kier molecular flexibility index (Phi) is 1.62. The summed E-state index contributed by atoms with van der Waals surface area (Å²) in [4.78, 5) is 7.59. The number of aromatic nitrogens is 2. The second kappa shape index (κ2) is 2.25. The summed E-state index contributed by atoms with van der Waals surface area (Å²) in [5, 5.41) is 0. The molecule has 0 spiro atoms. The van der Waals surface area contributed by atoms with Crippen LogP contribution in [-0.4, -0.2) is 32.5 Å². The molecule has 1 aromatic rings. The van der Waals surface area contributed by atoms with Crippen molar-refractivity contribution in [1.82, 2.24) is 9.97 Å². The molecular formula is C4H3N2Sn+3. The van der Waals surface area contributed by atoms with E-state index in [0.29, 0.717) is 0 Å². The van der Waals surface area contributed by atoms with Crippen LogP contribution in [-0.2, 0) is 0 Å². The molecule has 0 unspecified atom stereocenters. The van der Waals surface area contributed by atoms with Gasteiger partial charge in [-0.1, -0.05) is 0 Å². The van der Waals surface area contributed by atoms with Crippen LogP contribution in [0.4, 0.5) is 0 Å². The van der Waals surface area contributed by atoms with Crippen molar-refractivity contribution in [2.24, 2.45) is 0 Å². The van der Waals surface area contributed by atoms with Crippen molar-refractivity contribution in [3.05, 3.63) is 18.7 Å². The fourth-order valence-corrected chi connectivity index (χ4v) is 0.725. The van der Waals surface area contributed by atoms with Crippen molar-refractivity contribution < 1.29 is 0 Å². The second-order valence-corrected chi connectivity index (χ2v) is 2.77. The first-order valence-corrected chi connectivity index (χ1v) is 3.29. The van der Waals surface area contributed by atoms with Gasteiger partial charge in [0.1, 0.15) is 0 Å². The molecule has 0 aromatic carbocycles. The van der Waals surface area contributed by atoms with Gasteiger partial charge in [0.25, 0.3) is 0 Å². The zero-order valence-corrected chi connectivity index (χ0v) is 6.48. The summed E-state index contributed by atoms with van der Waals surface area (Å²) in [6.45, 7) is 0. The summed E-state index contributed by atoms with van der Waals surface area (Å²) < 4.78 is 1.19. The van der Waals surface area contributed by atoms with Crippen LogP contribution >= 0.6 is 0 Å². The van der Waals surface area contributed by atoms with Gasteiger partial charge in [-0.3, -0.25) is 0 Å². The molecular weight excluding hydrogens is 195 g/mol. The Balaban J connectivity index is 3.02. The van der Waals surface area contributed by atoms with Gasteiger partial charge in [-0.25, -0.2) is 0 Å². The zero-order valence-electron chi connectivity index (χ0n) is 3.63. The molecule has 0 bridgehead atoms.